The van der Waals surface area contributed by atoms with Crippen LogP contribution < -0.4 is 17.0 Å². The van der Waals surface area contributed by atoms with E-state index >= 15 is 0 Å². The van der Waals surface area contributed by atoms with Gasteiger partial charge in [0.2, 0.25) is 0 Å². The highest BCUT2D eigenvalue weighted by Crippen LogP contribution is 2.07. The lowest BCUT2D eigenvalue weighted by molar-refractivity contribution is 0.290. The highest BCUT2D eigenvalue weighted by atomic mass is 16.2. The Morgan fingerprint density at radius 3 is 2.61 bits per heavy atom. The molecule has 2 heterocycles. The fourth-order valence-corrected chi connectivity index (χ4v) is 2.56. The number of aryl methyl sites for hydroxylation is 1. The summed E-state index contributed by atoms with van der Waals surface area (Å²) < 4.78 is 2.68. The Labute approximate surface area is 134 Å². The van der Waals surface area contributed by atoms with E-state index in [9.17, 15) is 9.59 Å². The van der Waals surface area contributed by atoms with Crippen molar-refractivity contribution in [3.05, 3.63) is 26.7 Å². The summed E-state index contributed by atoms with van der Waals surface area (Å²) in [5, 5.41) is 0. The molecular weight excluding hydrogens is 296 g/mol. The molecular formula is C15H26N6O2. The molecule has 0 radical (unpaired) electrons. The van der Waals surface area contributed by atoms with Gasteiger partial charge in [0, 0.05) is 19.6 Å². The van der Waals surface area contributed by atoms with Crippen LogP contribution in [0.3, 0.4) is 0 Å². The smallest absolute Gasteiger partial charge is 0.332 e. The van der Waals surface area contributed by atoms with Gasteiger partial charge in [0.15, 0.2) is 5.65 Å². The summed E-state index contributed by atoms with van der Waals surface area (Å²) in [4.78, 5) is 34.1. The molecule has 0 bridgehead atoms. The van der Waals surface area contributed by atoms with Crippen molar-refractivity contribution < 1.29 is 0 Å². The monoisotopic (exact) mass is 322 g/mol. The van der Waals surface area contributed by atoms with Crippen molar-refractivity contribution in [1.82, 2.24) is 24.0 Å². The lowest BCUT2D eigenvalue weighted by atomic mass is 10.1. The molecule has 0 saturated carbocycles. The molecule has 0 aliphatic heterocycles. The first-order valence-electron chi connectivity index (χ1n) is 7.91. The number of rotatable bonds is 7. The van der Waals surface area contributed by atoms with Crippen molar-refractivity contribution in [3.63, 3.8) is 0 Å². The van der Waals surface area contributed by atoms with Gasteiger partial charge in [-0.1, -0.05) is 6.42 Å². The summed E-state index contributed by atoms with van der Waals surface area (Å²) in [5.74, 6) is 0.504. The summed E-state index contributed by atoms with van der Waals surface area (Å²) in [7, 11) is 5.72. The Morgan fingerprint density at radius 2 is 2.00 bits per heavy atom. The minimum Gasteiger partial charge on any atom is -0.335 e. The first kappa shape index (κ1) is 17.4. The SMILES string of the molecule is CC(CCCCn1c(=O)c2[nH]c(CN)nc2n(C)c1=O)N(C)C. The van der Waals surface area contributed by atoms with Crippen LogP contribution in [0.5, 0.6) is 0 Å². The van der Waals surface area contributed by atoms with Crippen molar-refractivity contribution in [1.29, 1.82) is 0 Å². The van der Waals surface area contributed by atoms with E-state index in [0.29, 0.717) is 29.6 Å². The Balaban J connectivity index is 2.21. The molecule has 2 aromatic rings. The zero-order chi connectivity index (χ0) is 17.1. The molecule has 0 aromatic carbocycles. The highest BCUT2D eigenvalue weighted by Gasteiger charge is 2.14. The lowest BCUT2D eigenvalue weighted by Crippen LogP contribution is -2.39. The predicted octanol–water partition coefficient (Wildman–Crippen LogP) is 0.00240. The molecule has 23 heavy (non-hydrogen) atoms. The molecule has 1 unspecified atom stereocenters. The second-order valence-electron chi connectivity index (χ2n) is 6.19. The van der Waals surface area contributed by atoms with Gasteiger partial charge in [-0.15, -0.1) is 0 Å². The number of H-pyrrole nitrogens is 1. The van der Waals surface area contributed by atoms with Crippen LogP contribution in [-0.4, -0.2) is 44.1 Å². The summed E-state index contributed by atoms with van der Waals surface area (Å²) in [6, 6.07) is 0.483. The van der Waals surface area contributed by atoms with Crippen molar-refractivity contribution in [2.75, 3.05) is 14.1 Å². The zero-order valence-corrected chi connectivity index (χ0v) is 14.3. The summed E-state index contributed by atoms with van der Waals surface area (Å²) >= 11 is 0. The van der Waals surface area contributed by atoms with Crippen molar-refractivity contribution in [2.45, 2.75) is 45.3 Å². The molecule has 8 heteroatoms. The van der Waals surface area contributed by atoms with Gasteiger partial charge in [0.1, 0.15) is 11.3 Å². The Hall–Kier alpha value is -1.93. The molecule has 0 amide bonds. The summed E-state index contributed by atoms with van der Waals surface area (Å²) in [6.07, 6.45) is 2.78. The van der Waals surface area contributed by atoms with Crippen LogP contribution in [0.15, 0.2) is 9.59 Å². The number of nitrogens with zero attached hydrogens (tertiary/aromatic N) is 4. The average Bonchev–Trinajstić information content (AvgIpc) is 2.96. The van der Waals surface area contributed by atoms with Gasteiger partial charge in [-0.25, -0.2) is 9.78 Å². The topological polar surface area (TPSA) is 102 Å². The zero-order valence-electron chi connectivity index (χ0n) is 14.3. The molecule has 0 aliphatic rings. The van der Waals surface area contributed by atoms with Crippen LogP contribution in [0, 0.1) is 0 Å². The maximum absolute atomic E-state index is 12.5. The van der Waals surface area contributed by atoms with Gasteiger partial charge in [-0.3, -0.25) is 13.9 Å². The molecule has 0 fully saturated rings. The second-order valence-corrected chi connectivity index (χ2v) is 6.19. The van der Waals surface area contributed by atoms with Crippen LogP contribution in [0.4, 0.5) is 0 Å². The number of fused-ring (bicyclic) bond motifs is 1. The van der Waals surface area contributed by atoms with Gasteiger partial charge in [0.05, 0.1) is 6.54 Å². The average molecular weight is 322 g/mol. The van der Waals surface area contributed by atoms with E-state index in [4.69, 9.17) is 5.73 Å². The first-order chi connectivity index (χ1) is 10.9. The molecule has 3 N–H and O–H groups in total. The molecule has 8 nitrogen and oxygen atoms in total. The van der Waals surface area contributed by atoms with E-state index < -0.39 is 0 Å². The summed E-state index contributed by atoms with van der Waals surface area (Å²) in [5.41, 5.74) is 5.59. The minimum absolute atomic E-state index is 0.199. The Kier molecular flexibility index (Phi) is 5.38. The minimum atomic E-state index is -0.335. The van der Waals surface area contributed by atoms with Gasteiger partial charge in [-0.05, 0) is 33.9 Å². The van der Waals surface area contributed by atoms with Crippen LogP contribution >= 0.6 is 0 Å². The Morgan fingerprint density at radius 1 is 1.30 bits per heavy atom. The number of aromatic nitrogens is 4. The quantitative estimate of drug-likeness (QED) is 0.699. The van der Waals surface area contributed by atoms with E-state index in [1.807, 2.05) is 14.1 Å². The largest absolute Gasteiger partial charge is 0.335 e. The lowest BCUT2D eigenvalue weighted by Gasteiger charge is -2.19. The third kappa shape index (κ3) is 3.53. The Bertz CT molecular complexity index is 786. The number of unbranched alkanes of at least 4 members (excludes halogenated alkanes) is 1. The maximum Gasteiger partial charge on any atom is 0.332 e. The summed E-state index contributed by atoms with van der Waals surface area (Å²) in [6.45, 7) is 2.78. The number of nitrogens with two attached hydrogens (primary N) is 1. The van der Waals surface area contributed by atoms with Crippen molar-refractivity contribution >= 4 is 11.2 Å². The van der Waals surface area contributed by atoms with Gasteiger partial charge in [0.25, 0.3) is 5.56 Å². The van der Waals surface area contributed by atoms with Crippen LogP contribution in [0.2, 0.25) is 0 Å². The number of hydrogen-bond acceptors (Lipinski definition) is 5. The molecule has 2 aromatic heterocycles. The van der Waals surface area contributed by atoms with E-state index in [0.717, 1.165) is 19.3 Å². The third-order valence-electron chi connectivity index (χ3n) is 4.36. The van der Waals surface area contributed by atoms with Gasteiger partial charge >= 0.3 is 5.69 Å². The van der Waals surface area contributed by atoms with E-state index in [1.54, 1.807) is 7.05 Å². The van der Waals surface area contributed by atoms with E-state index in [2.05, 4.69) is 21.8 Å². The maximum atomic E-state index is 12.5. The number of nitrogens with one attached hydrogen (secondary N) is 1. The molecule has 128 valence electrons. The normalized spacial score (nSPS) is 13.1. The van der Waals surface area contributed by atoms with Gasteiger partial charge < -0.3 is 15.6 Å². The molecule has 2 rings (SSSR count). The van der Waals surface area contributed by atoms with E-state index in [-0.39, 0.29) is 17.8 Å². The first-order valence-corrected chi connectivity index (χ1v) is 7.91. The molecule has 1 atom stereocenters. The number of imidazole rings is 1. The molecule has 0 saturated heterocycles. The second kappa shape index (κ2) is 7.10. The predicted molar refractivity (Wildman–Crippen MR) is 90.5 cm³/mol. The van der Waals surface area contributed by atoms with Gasteiger partial charge in [-0.2, -0.15) is 0 Å². The van der Waals surface area contributed by atoms with E-state index in [1.165, 1.54) is 9.13 Å². The van der Waals surface area contributed by atoms with Crippen LogP contribution in [0.1, 0.15) is 32.0 Å². The fraction of sp³-hybridized carbons (Fsp3) is 0.667. The van der Waals surface area contributed by atoms with Crippen molar-refractivity contribution in [2.24, 2.45) is 12.8 Å². The standard InChI is InChI=1S/C15H26N6O2/c1-10(19(2)3)7-5-6-8-21-14(22)12-13(20(4)15(21)23)18-11(9-16)17-12/h10H,5-9,16H2,1-4H3,(H,17,18). The number of aromatic amines is 1. The van der Waals surface area contributed by atoms with Crippen molar-refractivity contribution in [3.8, 4) is 0 Å². The third-order valence-corrected chi connectivity index (χ3v) is 4.36. The van der Waals surface area contributed by atoms with Crippen LogP contribution in [-0.2, 0) is 20.1 Å². The van der Waals surface area contributed by atoms with Crippen LogP contribution in [0.25, 0.3) is 11.2 Å². The number of hydrogen-bond donors (Lipinski definition) is 2. The fourth-order valence-electron chi connectivity index (χ4n) is 2.56. The molecule has 0 aliphatic carbocycles. The highest BCUT2D eigenvalue weighted by molar-refractivity contribution is 5.69. The molecule has 0 spiro atoms.